The molecule has 0 aromatic heterocycles. The molecule has 0 saturated heterocycles. The van der Waals surface area contributed by atoms with Gasteiger partial charge in [-0.05, 0) is 59.2 Å². The highest BCUT2D eigenvalue weighted by molar-refractivity contribution is 5.73. The Morgan fingerprint density at radius 2 is 1.58 bits per heavy atom. The first-order valence-electron chi connectivity index (χ1n) is 10.1. The van der Waals surface area contributed by atoms with Gasteiger partial charge in [-0.15, -0.1) is 0 Å². The number of nitrogens with one attached hydrogen (secondary N) is 1. The van der Waals surface area contributed by atoms with Crippen LogP contribution in [0.5, 0.6) is 11.5 Å². The van der Waals surface area contributed by atoms with Gasteiger partial charge in [-0.2, -0.15) is 0 Å². The zero-order valence-electron chi connectivity index (χ0n) is 17.3. The van der Waals surface area contributed by atoms with Gasteiger partial charge in [0, 0.05) is 17.8 Å². The molecule has 4 heteroatoms. The van der Waals surface area contributed by atoms with Gasteiger partial charge in [0.15, 0.2) is 0 Å². The molecule has 31 heavy (non-hydrogen) atoms. The molecule has 4 aromatic rings. The second-order valence-corrected chi connectivity index (χ2v) is 7.20. The normalized spacial score (nSPS) is 10.5. The summed E-state index contributed by atoms with van der Waals surface area (Å²) >= 11 is 0. The maximum absolute atomic E-state index is 13.8. The van der Waals surface area contributed by atoms with Crippen LogP contribution in [0.2, 0.25) is 0 Å². The number of anilines is 1. The molecule has 156 valence electrons. The zero-order valence-corrected chi connectivity index (χ0v) is 17.3. The maximum atomic E-state index is 13.8. The molecule has 0 radical (unpaired) electrons. The molecule has 0 bridgehead atoms. The smallest absolute Gasteiger partial charge is 0.126 e. The van der Waals surface area contributed by atoms with Crippen LogP contribution < -0.4 is 14.8 Å². The summed E-state index contributed by atoms with van der Waals surface area (Å²) in [4.78, 5) is 0. The summed E-state index contributed by atoms with van der Waals surface area (Å²) in [6.07, 6.45) is 0. The van der Waals surface area contributed by atoms with Crippen molar-refractivity contribution in [2.45, 2.75) is 13.2 Å². The maximum Gasteiger partial charge on any atom is 0.126 e. The van der Waals surface area contributed by atoms with E-state index in [0.29, 0.717) is 18.9 Å². The molecule has 1 N–H and O–H groups in total. The van der Waals surface area contributed by atoms with Crippen LogP contribution in [0.3, 0.4) is 0 Å². The predicted octanol–water partition coefficient (Wildman–Crippen LogP) is 6.69. The first kappa shape index (κ1) is 20.5. The van der Waals surface area contributed by atoms with Crippen molar-refractivity contribution in [1.82, 2.24) is 0 Å². The number of ether oxygens (including phenoxy) is 2. The molecule has 0 aliphatic heterocycles. The Bertz CT molecular complexity index is 1140. The average molecular weight is 413 g/mol. The van der Waals surface area contributed by atoms with Crippen molar-refractivity contribution < 1.29 is 13.9 Å². The Morgan fingerprint density at radius 1 is 0.774 bits per heavy atom. The van der Waals surface area contributed by atoms with E-state index in [0.717, 1.165) is 33.7 Å². The number of rotatable bonds is 8. The van der Waals surface area contributed by atoms with Crippen LogP contribution in [0.4, 0.5) is 10.1 Å². The molecule has 0 unspecified atom stereocenters. The minimum Gasteiger partial charge on any atom is -0.496 e. The summed E-state index contributed by atoms with van der Waals surface area (Å²) in [7, 11) is 1.59. The molecule has 0 aliphatic carbocycles. The van der Waals surface area contributed by atoms with Gasteiger partial charge < -0.3 is 14.8 Å². The Balaban J connectivity index is 1.43. The van der Waals surface area contributed by atoms with Crippen molar-refractivity contribution >= 4 is 5.69 Å². The summed E-state index contributed by atoms with van der Waals surface area (Å²) in [5.41, 5.74) is 4.80. The van der Waals surface area contributed by atoms with E-state index in [4.69, 9.17) is 9.47 Å². The fourth-order valence-electron chi connectivity index (χ4n) is 3.39. The highest BCUT2D eigenvalue weighted by Crippen LogP contribution is 2.32. The monoisotopic (exact) mass is 413 g/mol. The molecule has 3 nitrogen and oxygen atoms in total. The van der Waals surface area contributed by atoms with E-state index in [-0.39, 0.29) is 5.82 Å². The second kappa shape index (κ2) is 9.81. The molecular weight excluding hydrogens is 389 g/mol. The van der Waals surface area contributed by atoms with Crippen molar-refractivity contribution in [3.8, 4) is 22.6 Å². The fraction of sp³-hybridized carbons (Fsp3) is 0.111. The highest BCUT2D eigenvalue weighted by Gasteiger charge is 2.08. The Labute approximate surface area is 182 Å². The largest absolute Gasteiger partial charge is 0.496 e. The van der Waals surface area contributed by atoms with Gasteiger partial charge in [-0.1, -0.05) is 54.6 Å². The van der Waals surface area contributed by atoms with Gasteiger partial charge >= 0.3 is 0 Å². The van der Waals surface area contributed by atoms with Gasteiger partial charge in [0.05, 0.1) is 7.11 Å². The molecule has 4 rings (SSSR count). The van der Waals surface area contributed by atoms with Crippen LogP contribution in [0.1, 0.15) is 11.1 Å². The van der Waals surface area contributed by atoms with Crippen LogP contribution in [-0.2, 0) is 13.2 Å². The summed E-state index contributed by atoms with van der Waals surface area (Å²) < 4.78 is 25.1. The van der Waals surface area contributed by atoms with Crippen LogP contribution >= 0.6 is 0 Å². The van der Waals surface area contributed by atoms with E-state index < -0.39 is 0 Å². The van der Waals surface area contributed by atoms with Crippen molar-refractivity contribution in [3.05, 3.63) is 114 Å². The molecular formula is C27H24FNO2. The number of benzene rings is 4. The Kier molecular flexibility index (Phi) is 6.48. The third kappa shape index (κ3) is 5.43. The van der Waals surface area contributed by atoms with Crippen molar-refractivity contribution in [3.63, 3.8) is 0 Å². The molecule has 0 spiro atoms. The summed E-state index contributed by atoms with van der Waals surface area (Å²) in [5, 5.41) is 3.43. The second-order valence-electron chi connectivity index (χ2n) is 7.20. The number of hydrogen-bond donors (Lipinski definition) is 1. The molecule has 4 aromatic carbocycles. The van der Waals surface area contributed by atoms with Crippen LogP contribution in [0.15, 0.2) is 97.1 Å². The SMILES string of the molecule is COc1ccc(F)cc1-c1cccc(NCc2cccc(OCc3ccccc3)c2)c1. The van der Waals surface area contributed by atoms with Crippen LogP contribution in [0.25, 0.3) is 11.1 Å². The number of methoxy groups -OCH3 is 1. The van der Waals surface area contributed by atoms with E-state index in [1.54, 1.807) is 13.2 Å². The number of halogens is 1. The van der Waals surface area contributed by atoms with Crippen LogP contribution in [0, 0.1) is 5.82 Å². The Hall–Kier alpha value is -3.79. The van der Waals surface area contributed by atoms with Gasteiger partial charge in [-0.3, -0.25) is 0 Å². The van der Waals surface area contributed by atoms with E-state index in [9.17, 15) is 4.39 Å². The van der Waals surface area contributed by atoms with Gasteiger partial charge in [0.25, 0.3) is 0 Å². The summed E-state index contributed by atoms with van der Waals surface area (Å²) in [5.74, 6) is 1.18. The first-order chi connectivity index (χ1) is 15.2. The first-order valence-corrected chi connectivity index (χ1v) is 10.1. The van der Waals surface area contributed by atoms with E-state index in [2.05, 4.69) is 11.4 Å². The molecule has 0 atom stereocenters. The lowest BCUT2D eigenvalue weighted by molar-refractivity contribution is 0.306. The summed E-state index contributed by atoms with van der Waals surface area (Å²) in [6.45, 7) is 1.18. The van der Waals surface area contributed by atoms with Gasteiger partial charge in [0.1, 0.15) is 23.9 Å². The van der Waals surface area contributed by atoms with E-state index >= 15 is 0 Å². The minimum absolute atomic E-state index is 0.290. The quantitative estimate of drug-likeness (QED) is 0.349. The lowest BCUT2D eigenvalue weighted by Gasteiger charge is -2.12. The van der Waals surface area contributed by atoms with Gasteiger partial charge in [0.2, 0.25) is 0 Å². The topological polar surface area (TPSA) is 30.5 Å². The third-order valence-corrected chi connectivity index (χ3v) is 4.98. The number of hydrogen-bond acceptors (Lipinski definition) is 3. The van der Waals surface area contributed by atoms with Crippen molar-refractivity contribution in [1.29, 1.82) is 0 Å². The minimum atomic E-state index is -0.290. The average Bonchev–Trinajstić information content (AvgIpc) is 2.82. The molecule has 0 amide bonds. The lowest BCUT2D eigenvalue weighted by atomic mass is 10.0. The van der Waals surface area contributed by atoms with Gasteiger partial charge in [-0.25, -0.2) is 4.39 Å². The molecule has 0 saturated carbocycles. The fourth-order valence-corrected chi connectivity index (χ4v) is 3.39. The van der Waals surface area contributed by atoms with Crippen LogP contribution in [-0.4, -0.2) is 7.11 Å². The molecule has 0 heterocycles. The van der Waals surface area contributed by atoms with Crippen molar-refractivity contribution in [2.24, 2.45) is 0 Å². The third-order valence-electron chi connectivity index (χ3n) is 4.98. The lowest BCUT2D eigenvalue weighted by Crippen LogP contribution is -2.01. The van der Waals surface area contributed by atoms with E-state index in [1.807, 2.05) is 72.8 Å². The highest BCUT2D eigenvalue weighted by atomic mass is 19.1. The van der Waals surface area contributed by atoms with Crippen molar-refractivity contribution in [2.75, 3.05) is 12.4 Å². The zero-order chi connectivity index (χ0) is 21.5. The standard InChI is InChI=1S/C27H24FNO2/c1-30-27-14-13-23(28)17-26(27)22-10-6-11-24(16-22)29-18-21-9-5-12-25(15-21)31-19-20-7-3-2-4-8-20/h2-17,29H,18-19H2,1H3. The Morgan fingerprint density at radius 3 is 2.42 bits per heavy atom. The molecule has 0 aliphatic rings. The molecule has 0 fully saturated rings. The van der Waals surface area contributed by atoms with E-state index in [1.165, 1.54) is 12.1 Å². The summed E-state index contributed by atoms with van der Waals surface area (Å²) in [6, 6.07) is 30.6. The predicted molar refractivity (Wildman–Crippen MR) is 123 cm³/mol.